The van der Waals surface area contributed by atoms with Gasteiger partial charge in [-0.25, -0.2) is 14.6 Å². The largest absolute Gasteiger partial charge is 0.480 e. The number of carbonyl (C=O) groups excluding carboxylic acids is 3. The molecule has 1 unspecified atom stereocenters. The van der Waals surface area contributed by atoms with E-state index >= 15 is 0 Å². The van der Waals surface area contributed by atoms with E-state index in [2.05, 4.69) is 10.6 Å². The normalized spacial score (nSPS) is 11.9. The zero-order valence-corrected chi connectivity index (χ0v) is 30.6. The van der Waals surface area contributed by atoms with E-state index in [1.807, 2.05) is 120 Å². The predicted molar refractivity (Wildman–Crippen MR) is 203 cm³/mol. The number of hydrogen-bond acceptors (Lipinski definition) is 7. The molecule has 0 fully saturated rings. The van der Waals surface area contributed by atoms with Gasteiger partial charge in [0.25, 0.3) is 0 Å². The van der Waals surface area contributed by atoms with Gasteiger partial charge in [0.2, 0.25) is 5.91 Å². The maximum Gasteiger partial charge on any atom is 0.408 e. The van der Waals surface area contributed by atoms with Gasteiger partial charge in [0.05, 0.1) is 12.0 Å². The molecule has 0 aliphatic carbocycles. The molecule has 0 saturated heterocycles. The minimum atomic E-state index is -1.28. The van der Waals surface area contributed by atoms with Gasteiger partial charge >= 0.3 is 18.2 Å². The van der Waals surface area contributed by atoms with E-state index < -0.39 is 47.8 Å². The maximum absolute atomic E-state index is 14.2. The van der Waals surface area contributed by atoms with E-state index in [1.165, 1.54) is 0 Å². The number of aromatic nitrogens is 2. The predicted octanol–water partition coefficient (Wildman–Crippen LogP) is 6.00. The van der Waals surface area contributed by atoms with Crippen LogP contribution >= 0.6 is 0 Å². The number of hydrogen-bond donors (Lipinski definition) is 3. The Kier molecular flexibility index (Phi) is 12.8. The number of nitrogens with zero attached hydrogens (tertiary/aromatic N) is 3. The molecule has 3 amide bonds. The van der Waals surface area contributed by atoms with E-state index in [1.54, 1.807) is 39.2 Å². The summed E-state index contributed by atoms with van der Waals surface area (Å²) in [6.07, 6.45) is 1.84. The van der Waals surface area contributed by atoms with Gasteiger partial charge in [0.15, 0.2) is 0 Å². The minimum Gasteiger partial charge on any atom is -0.480 e. The Hall–Kier alpha value is -6.43. The van der Waals surface area contributed by atoms with E-state index in [4.69, 9.17) is 14.5 Å². The summed E-state index contributed by atoms with van der Waals surface area (Å²) in [5, 5.41) is 15.0. The zero-order chi connectivity index (χ0) is 38.6. The fraction of sp³-hybridized carbons (Fsp3) is 0.262. The smallest absolute Gasteiger partial charge is 0.408 e. The van der Waals surface area contributed by atoms with Crippen molar-refractivity contribution in [2.24, 2.45) is 0 Å². The Morgan fingerprint density at radius 1 is 0.778 bits per heavy atom. The van der Waals surface area contributed by atoms with Crippen molar-refractivity contribution in [3.8, 4) is 0 Å². The van der Waals surface area contributed by atoms with Crippen molar-refractivity contribution < 1.29 is 33.8 Å². The zero-order valence-electron chi connectivity index (χ0n) is 30.6. The van der Waals surface area contributed by atoms with Crippen LogP contribution in [0.15, 0.2) is 134 Å². The van der Waals surface area contributed by atoms with Crippen molar-refractivity contribution in [2.75, 3.05) is 19.6 Å². The summed E-state index contributed by atoms with van der Waals surface area (Å²) in [7, 11) is 0. The van der Waals surface area contributed by atoms with Crippen LogP contribution in [0, 0.1) is 0 Å². The van der Waals surface area contributed by atoms with Gasteiger partial charge in [-0.2, -0.15) is 0 Å². The van der Waals surface area contributed by atoms with E-state index in [0.717, 1.165) is 27.2 Å². The molecule has 0 spiro atoms. The Bertz CT molecular complexity index is 1880. The lowest BCUT2D eigenvalue weighted by Crippen LogP contribution is -2.52. The van der Waals surface area contributed by atoms with Crippen molar-refractivity contribution in [2.45, 2.75) is 51.0 Å². The van der Waals surface area contributed by atoms with Gasteiger partial charge < -0.3 is 34.7 Å². The lowest BCUT2D eigenvalue weighted by Gasteiger charge is -2.37. The summed E-state index contributed by atoms with van der Waals surface area (Å²) in [5.74, 6) is -1.97. The van der Waals surface area contributed by atoms with Crippen molar-refractivity contribution in [3.63, 3.8) is 0 Å². The van der Waals surface area contributed by atoms with E-state index in [0.29, 0.717) is 5.69 Å². The molecule has 5 aromatic rings. The molecule has 4 aromatic carbocycles. The molecular formula is C42H45N5O7. The summed E-state index contributed by atoms with van der Waals surface area (Å²) in [5.41, 5.74) is 2.46. The number of ether oxygens (including phenoxy) is 2. The number of carboxylic acid groups (broad SMARTS) is 1. The number of amides is 3. The molecule has 0 aliphatic rings. The topological polar surface area (TPSA) is 152 Å². The van der Waals surface area contributed by atoms with Crippen LogP contribution in [0.25, 0.3) is 0 Å². The molecule has 12 heteroatoms. The SMILES string of the molecule is CC(C)(C)OC(=O)NCCN(CC(=O)O)C(=O)C(Cc1cn(C(c2ccccc2)(c2ccccc2)c2ccccc2)cn1)NC(=O)OCc1ccccc1. The van der Waals surface area contributed by atoms with Crippen LogP contribution in [0.1, 0.15) is 48.7 Å². The Morgan fingerprint density at radius 3 is 1.80 bits per heavy atom. The first-order chi connectivity index (χ1) is 26.0. The van der Waals surface area contributed by atoms with Crippen LogP contribution in [0.4, 0.5) is 9.59 Å². The Morgan fingerprint density at radius 2 is 1.30 bits per heavy atom. The van der Waals surface area contributed by atoms with Crippen molar-refractivity contribution in [3.05, 3.63) is 162 Å². The fourth-order valence-corrected chi connectivity index (χ4v) is 6.21. The van der Waals surface area contributed by atoms with Crippen LogP contribution in [0.3, 0.4) is 0 Å². The quantitative estimate of drug-likeness (QED) is 0.111. The molecule has 12 nitrogen and oxygen atoms in total. The molecule has 54 heavy (non-hydrogen) atoms. The molecule has 0 radical (unpaired) electrons. The first-order valence-electron chi connectivity index (χ1n) is 17.6. The van der Waals surface area contributed by atoms with Crippen LogP contribution in [-0.4, -0.2) is 74.9 Å². The molecule has 5 rings (SSSR count). The highest BCUT2D eigenvalue weighted by Crippen LogP contribution is 2.40. The molecule has 0 aliphatic heterocycles. The van der Waals surface area contributed by atoms with E-state index in [-0.39, 0.29) is 26.1 Å². The summed E-state index contributed by atoms with van der Waals surface area (Å²) in [4.78, 5) is 57.4. The summed E-state index contributed by atoms with van der Waals surface area (Å²) >= 11 is 0. The van der Waals surface area contributed by atoms with Crippen LogP contribution < -0.4 is 10.6 Å². The molecule has 1 atom stereocenters. The third kappa shape index (κ3) is 10.1. The fourth-order valence-electron chi connectivity index (χ4n) is 6.21. The van der Waals surface area contributed by atoms with Gasteiger partial charge in [-0.15, -0.1) is 0 Å². The van der Waals surface area contributed by atoms with Gasteiger partial charge in [0.1, 0.15) is 30.3 Å². The van der Waals surface area contributed by atoms with Crippen molar-refractivity contribution in [1.29, 1.82) is 0 Å². The van der Waals surface area contributed by atoms with Gasteiger partial charge in [-0.1, -0.05) is 121 Å². The highest BCUT2D eigenvalue weighted by molar-refractivity contribution is 5.88. The number of nitrogens with one attached hydrogen (secondary N) is 2. The van der Waals surface area contributed by atoms with Gasteiger partial charge in [0, 0.05) is 25.7 Å². The second-order valence-electron chi connectivity index (χ2n) is 13.6. The lowest BCUT2D eigenvalue weighted by atomic mass is 9.77. The number of imidazole rings is 1. The third-order valence-corrected chi connectivity index (χ3v) is 8.50. The summed E-state index contributed by atoms with van der Waals surface area (Å²) in [6, 6.07) is 37.8. The Balaban J connectivity index is 1.48. The highest BCUT2D eigenvalue weighted by atomic mass is 16.6. The van der Waals surface area contributed by atoms with Crippen LogP contribution in [-0.2, 0) is 37.6 Å². The number of alkyl carbamates (subject to hydrolysis) is 2. The van der Waals surface area contributed by atoms with Crippen LogP contribution in [0.5, 0.6) is 0 Å². The molecule has 1 heterocycles. The average Bonchev–Trinajstić information content (AvgIpc) is 3.63. The molecule has 1 aromatic heterocycles. The molecule has 0 bridgehead atoms. The standard InChI is InChI=1S/C42H45N5O7/c1-41(2,3)54-39(51)43-24-25-46(28-37(48)49)38(50)36(45-40(52)53-29-31-16-8-4-9-17-31)26-35-27-47(30-44-35)42(32-18-10-5-11-19-32,33-20-12-6-13-21-33)34-22-14-7-15-23-34/h4-23,27,30,36H,24-26,28-29H2,1-3H3,(H,43,51)(H,45,52)(H,48,49). The second kappa shape index (κ2) is 17.9. The minimum absolute atomic E-state index is 0.0470. The molecular weight excluding hydrogens is 686 g/mol. The number of aliphatic carboxylic acids is 1. The second-order valence-corrected chi connectivity index (χ2v) is 13.6. The summed E-state index contributed by atoms with van der Waals surface area (Å²) < 4.78 is 12.7. The van der Waals surface area contributed by atoms with E-state index in [9.17, 15) is 24.3 Å². The monoisotopic (exact) mass is 731 g/mol. The Labute approximate surface area is 314 Å². The molecule has 3 N–H and O–H groups in total. The van der Waals surface area contributed by atoms with Crippen LogP contribution in [0.2, 0.25) is 0 Å². The van der Waals surface area contributed by atoms with Crippen molar-refractivity contribution in [1.82, 2.24) is 25.1 Å². The number of benzene rings is 4. The van der Waals surface area contributed by atoms with Crippen molar-refractivity contribution >= 4 is 24.1 Å². The molecule has 280 valence electrons. The average molecular weight is 732 g/mol. The van der Waals surface area contributed by atoms with Gasteiger partial charge in [-0.05, 0) is 43.0 Å². The third-order valence-electron chi connectivity index (χ3n) is 8.50. The first-order valence-corrected chi connectivity index (χ1v) is 17.6. The number of rotatable bonds is 15. The summed E-state index contributed by atoms with van der Waals surface area (Å²) in [6.45, 7) is 4.14. The number of carboxylic acids is 1. The maximum atomic E-state index is 14.2. The number of carbonyl (C=O) groups is 4. The van der Waals surface area contributed by atoms with Gasteiger partial charge in [-0.3, -0.25) is 9.59 Å². The lowest BCUT2D eigenvalue weighted by molar-refractivity contribution is -0.145. The highest BCUT2D eigenvalue weighted by Gasteiger charge is 2.39. The molecule has 0 saturated carbocycles. The first kappa shape index (κ1) is 38.8.